The Morgan fingerprint density at radius 1 is 0.943 bits per heavy atom. The lowest BCUT2D eigenvalue weighted by molar-refractivity contribution is -0.146. The number of carboxylic acid groups (broad SMARTS) is 1. The number of hydrogen-bond donors (Lipinski definition) is 3. The van der Waals surface area contributed by atoms with Crippen LogP contribution in [0.5, 0.6) is 0 Å². The van der Waals surface area contributed by atoms with Crippen molar-refractivity contribution in [2.24, 2.45) is 11.7 Å². The number of rotatable bonds is 6. The van der Waals surface area contributed by atoms with Crippen LogP contribution in [0, 0.1) is 11.3 Å². The van der Waals surface area contributed by atoms with Gasteiger partial charge in [0.05, 0.1) is 11.6 Å². The molecule has 2 atom stereocenters. The minimum absolute atomic E-state index is 0.00779. The lowest BCUT2D eigenvalue weighted by Gasteiger charge is -2.43. The van der Waals surface area contributed by atoms with Crippen LogP contribution in [0.2, 0.25) is 0 Å². The molecule has 4 N–H and O–H groups in total. The van der Waals surface area contributed by atoms with E-state index in [9.17, 15) is 14.4 Å². The van der Waals surface area contributed by atoms with Gasteiger partial charge in [-0.3, -0.25) is 15.0 Å². The van der Waals surface area contributed by atoms with Gasteiger partial charge in [0.15, 0.2) is 11.7 Å². The van der Waals surface area contributed by atoms with Crippen molar-refractivity contribution < 1.29 is 19.5 Å². The number of aromatic carboxylic acids is 1. The molecule has 2 fully saturated rings. The summed E-state index contributed by atoms with van der Waals surface area (Å²) in [4.78, 5) is 42.2. The number of guanidine groups is 1. The van der Waals surface area contributed by atoms with Gasteiger partial charge in [0.1, 0.15) is 0 Å². The minimum Gasteiger partial charge on any atom is -0.478 e. The van der Waals surface area contributed by atoms with Gasteiger partial charge in [-0.15, -0.1) is 0 Å². The Hall–Kier alpha value is -3.68. The van der Waals surface area contributed by atoms with Crippen LogP contribution < -0.4 is 5.73 Å². The van der Waals surface area contributed by atoms with Gasteiger partial charge in [0, 0.05) is 37.9 Å². The summed E-state index contributed by atoms with van der Waals surface area (Å²) in [6.07, 6.45) is 3.02. The smallest absolute Gasteiger partial charge is 0.335 e. The third kappa shape index (κ3) is 5.53. The Morgan fingerprint density at radius 2 is 1.60 bits per heavy atom. The van der Waals surface area contributed by atoms with E-state index in [1.165, 1.54) is 12.1 Å². The van der Waals surface area contributed by atoms with Crippen LogP contribution in [0.25, 0.3) is 0 Å². The lowest BCUT2D eigenvalue weighted by Crippen LogP contribution is -2.55. The van der Waals surface area contributed by atoms with Crippen molar-refractivity contribution in [3.63, 3.8) is 0 Å². The van der Waals surface area contributed by atoms with Gasteiger partial charge in [-0.1, -0.05) is 42.5 Å². The number of Topliss-reactive ketones (excluding diaryl/α,β-unsaturated/α-hetero) is 1. The zero-order valence-corrected chi connectivity index (χ0v) is 19.7. The first kappa shape index (κ1) is 24.4. The van der Waals surface area contributed by atoms with E-state index in [0.29, 0.717) is 32.5 Å². The standard InChI is InChI=1S/C27H32N4O4/c28-27(29)30-15-12-20(13-16-30)25(33)31-14-4-7-22(19-5-2-1-3-6-19)24(31)23(32)17-18-8-10-21(11-9-18)26(34)35/h1-3,5-6,8-11,20,22,24H,4,7,12-17H2,(H3,28,29)(H,34,35). The molecule has 4 rings (SSSR count). The molecule has 0 bridgehead atoms. The SMILES string of the molecule is N=C(N)N1CCC(C(=O)N2CCCC(c3ccccc3)C2C(=O)Cc2ccc(C(=O)O)cc2)CC1. The van der Waals surface area contributed by atoms with Gasteiger partial charge >= 0.3 is 5.97 Å². The third-order valence-electron chi connectivity index (χ3n) is 7.24. The van der Waals surface area contributed by atoms with E-state index in [1.54, 1.807) is 21.9 Å². The highest BCUT2D eigenvalue weighted by Crippen LogP contribution is 2.35. The molecular formula is C27H32N4O4. The van der Waals surface area contributed by atoms with Crippen LogP contribution in [0.1, 0.15) is 53.1 Å². The second kappa shape index (κ2) is 10.7. The largest absolute Gasteiger partial charge is 0.478 e. The second-order valence-corrected chi connectivity index (χ2v) is 9.43. The van der Waals surface area contributed by atoms with Gasteiger partial charge in [0.2, 0.25) is 5.91 Å². The Morgan fingerprint density at radius 3 is 2.20 bits per heavy atom. The van der Waals surface area contributed by atoms with Crippen molar-refractivity contribution in [1.82, 2.24) is 9.80 Å². The molecule has 2 heterocycles. The second-order valence-electron chi connectivity index (χ2n) is 9.43. The average Bonchev–Trinajstić information content (AvgIpc) is 2.88. The number of benzene rings is 2. The molecule has 8 heteroatoms. The first-order valence-corrected chi connectivity index (χ1v) is 12.1. The maximum Gasteiger partial charge on any atom is 0.335 e. The van der Waals surface area contributed by atoms with E-state index in [1.807, 2.05) is 30.3 Å². The fourth-order valence-corrected chi connectivity index (χ4v) is 5.36. The van der Waals surface area contributed by atoms with Crippen LogP contribution in [-0.4, -0.2) is 64.2 Å². The Kier molecular flexibility index (Phi) is 7.48. The summed E-state index contributed by atoms with van der Waals surface area (Å²) in [6.45, 7) is 1.68. The highest BCUT2D eigenvalue weighted by molar-refractivity contribution is 5.93. The van der Waals surface area contributed by atoms with Crippen LogP contribution in [-0.2, 0) is 16.0 Å². The van der Waals surface area contributed by atoms with E-state index < -0.39 is 12.0 Å². The van der Waals surface area contributed by atoms with Crippen molar-refractivity contribution in [1.29, 1.82) is 5.41 Å². The molecule has 0 spiro atoms. The van der Waals surface area contributed by atoms with Crippen molar-refractivity contribution in [3.05, 3.63) is 71.3 Å². The number of carbonyl (C=O) groups is 3. The first-order chi connectivity index (χ1) is 16.8. The van der Waals surface area contributed by atoms with Gasteiger partial charge in [-0.05, 0) is 48.9 Å². The van der Waals surface area contributed by atoms with E-state index in [4.69, 9.17) is 16.2 Å². The molecule has 2 unspecified atom stereocenters. The van der Waals surface area contributed by atoms with Crippen molar-refractivity contribution >= 4 is 23.6 Å². The maximum atomic E-state index is 13.7. The Balaban J connectivity index is 1.58. The predicted octanol–water partition coefficient (Wildman–Crippen LogP) is 2.88. The summed E-state index contributed by atoms with van der Waals surface area (Å²) in [6, 6.07) is 15.7. The highest BCUT2D eigenvalue weighted by atomic mass is 16.4. The fourth-order valence-electron chi connectivity index (χ4n) is 5.36. The molecule has 1 amide bonds. The number of nitrogens with zero attached hydrogens (tertiary/aromatic N) is 2. The van der Waals surface area contributed by atoms with Crippen molar-refractivity contribution in [3.8, 4) is 0 Å². The van der Waals surface area contributed by atoms with Crippen LogP contribution in [0.3, 0.4) is 0 Å². The van der Waals surface area contributed by atoms with E-state index in [-0.39, 0.29) is 41.5 Å². The third-order valence-corrected chi connectivity index (χ3v) is 7.24. The summed E-state index contributed by atoms with van der Waals surface area (Å²) in [7, 11) is 0. The molecule has 0 aromatic heterocycles. The molecule has 8 nitrogen and oxygen atoms in total. The summed E-state index contributed by atoms with van der Waals surface area (Å²) in [5, 5.41) is 16.8. The molecule has 2 saturated heterocycles. The van der Waals surface area contributed by atoms with E-state index in [2.05, 4.69) is 0 Å². The number of nitrogens with two attached hydrogens (primary N) is 1. The topological polar surface area (TPSA) is 128 Å². The summed E-state index contributed by atoms with van der Waals surface area (Å²) in [5.74, 6) is -1.28. The molecule has 2 aliphatic rings. The summed E-state index contributed by atoms with van der Waals surface area (Å²) < 4.78 is 0. The lowest BCUT2D eigenvalue weighted by atomic mass is 9.79. The maximum absolute atomic E-state index is 13.7. The molecule has 0 aliphatic carbocycles. The van der Waals surface area contributed by atoms with Crippen molar-refractivity contribution in [2.75, 3.05) is 19.6 Å². The number of likely N-dealkylation sites (tertiary alicyclic amines) is 2. The molecule has 2 aromatic carbocycles. The monoisotopic (exact) mass is 476 g/mol. The quantitative estimate of drug-likeness (QED) is 0.435. The van der Waals surface area contributed by atoms with Crippen molar-refractivity contribution in [2.45, 2.75) is 44.1 Å². The number of carboxylic acids is 1. The first-order valence-electron chi connectivity index (χ1n) is 12.1. The Bertz CT molecular complexity index is 1080. The van der Waals surface area contributed by atoms with Crippen LogP contribution in [0.4, 0.5) is 0 Å². The number of nitrogens with one attached hydrogen (secondary N) is 1. The molecular weight excluding hydrogens is 444 g/mol. The fraction of sp³-hybridized carbons (Fsp3) is 0.407. The summed E-state index contributed by atoms with van der Waals surface area (Å²) >= 11 is 0. The molecule has 2 aromatic rings. The number of hydrogen-bond acceptors (Lipinski definition) is 4. The molecule has 184 valence electrons. The zero-order valence-electron chi connectivity index (χ0n) is 19.7. The molecule has 0 saturated carbocycles. The molecule has 0 radical (unpaired) electrons. The van der Waals surface area contributed by atoms with Crippen LogP contribution in [0.15, 0.2) is 54.6 Å². The van der Waals surface area contributed by atoms with Gasteiger partial charge < -0.3 is 20.6 Å². The van der Waals surface area contributed by atoms with Gasteiger partial charge in [-0.2, -0.15) is 0 Å². The summed E-state index contributed by atoms with van der Waals surface area (Å²) in [5.41, 5.74) is 7.57. The van der Waals surface area contributed by atoms with Crippen LogP contribution >= 0.6 is 0 Å². The number of carbonyl (C=O) groups excluding carboxylic acids is 2. The highest BCUT2D eigenvalue weighted by Gasteiger charge is 2.42. The zero-order chi connectivity index (χ0) is 24.9. The Labute approximate surface area is 205 Å². The molecule has 2 aliphatic heterocycles. The van der Waals surface area contributed by atoms with E-state index in [0.717, 1.165) is 24.0 Å². The van der Waals surface area contributed by atoms with E-state index >= 15 is 0 Å². The van der Waals surface area contributed by atoms with Gasteiger partial charge in [-0.25, -0.2) is 4.79 Å². The number of piperidine rings is 2. The minimum atomic E-state index is -1.01. The normalized spacial score (nSPS) is 20.9. The average molecular weight is 477 g/mol. The number of ketones is 1. The molecule has 35 heavy (non-hydrogen) atoms. The van der Waals surface area contributed by atoms with Gasteiger partial charge in [0.25, 0.3) is 0 Å². The predicted molar refractivity (Wildman–Crippen MR) is 132 cm³/mol. The number of amides is 1.